The maximum absolute atomic E-state index is 14.4. The largest absolute Gasteiger partial charge is 0.490 e. The molecule has 1 amide bonds. The summed E-state index contributed by atoms with van der Waals surface area (Å²) in [7, 11) is 0.410. The zero-order chi connectivity index (χ0) is 38.3. The summed E-state index contributed by atoms with van der Waals surface area (Å²) in [6.07, 6.45) is 10.7. The van der Waals surface area contributed by atoms with Crippen molar-refractivity contribution in [3.05, 3.63) is 87.7 Å². The van der Waals surface area contributed by atoms with Gasteiger partial charge in [-0.1, -0.05) is 57.5 Å². The Balaban J connectivity index is 0.00000266. The van der Waals surface area contributed by atoms with E-state index in [1.807, 2.05) is 46.0 Å². The fraction of sp³-hybridized carbons (Fsp3) is 0.548. The number of benzene rings is 2. The summed E-state index contributed by atoms with van der Waals surface area (Å²) in [5, 5.41) is 5.01. The maximum Gasteiger partial charge on any atom is 0.285 e. The van der Waals surface area contributed by atoms with Gasteiger partial charge in [-0.05, 0) is 104 Å². The molecule has 11 heteroatoms. The minimum Gasteiger partial charge on any atom is -0.490 e. The van der Waals surface area contributed by atoms with Gasteiger partial charge in [-0.2, -0.15) is 9.46 Å². The SMILES string of the molecule is CC.CO[C@H]1/C=C/CCC[S@@](=O)(CC(=O)CCc2c(C)cnn2C)=NC(=O)c2ccc3c(c2)N(C[C@H](C)[C@H]1C)C[C@@]1(CCCc2cc(Cl)ccc21)CO3. The first-order chi connectivity index (χ1) is 25.4. The van der Waals surface area contributed by atoms with Crippen LogP contribution < -0.4 is 9.64 Å². The Morgan fingerprint density at radius 1 is 1.15 bits per heavy atom. The monoisotopic (exact) mass is 764 g/mol. The van der Waals surface area contributed by atoms with Crippen LogP contribution in [-0.2, 0) is 44.6 Å². The topological polar surface area (TPSA) is 103 Å². The van der Waals surface area contributed by atoms with Gasteiger partial charge in [-0.3, -0.25) is 14.3 Å². The van der Waals surface area contributed by atoms with E-state index in [0.717, 1.165) is 41.2 Å². The number of hydrogen-bond donors (Lipinski definition) is 0. The van der Waals surface area contributed by atoms with E-state index >= 15 is 0 Å². The number of rotatable bonds is 6. The molecule has 0 unspecified atom stereocenters. The number of carbonyl (C=O) groups is 2. The lowest BCUT2D eigenvalue weighted by Gasteiger charge is -2.42. The van der Waals surface area contributed by atoms with Crippen molar-refractivity contribution >= 4 is 38.7 Å². The Labute approximate surface area is 321 Å². The number of halogens is 1. The van der Waals surface area contributed by atoms with Crippen molar-refractivity contribution in [3.8, 4) is 5.75 Å². The number of methoxy groups -OCH3 is 1. The van der Waals surface area contributed by atoms with Crippen LogP contribution in [0.2, 0.25) is 5.02 Å². The van der Waals surface area contributed by atoms with Crippen molar-refractivity contribution in [2.24, 2.45) is 23.2 Å². The number of Topliss-reactive ketones (excluding diaryl/α,β-unsaturated/α-hetero) is 1. The number of anilines is 1. The molecule has 0 saturated heterocycles. The molecule has 53 heavy (non-hydrogen) atoms. The minimum atomic E-state index is -3.18. The Bertz CT molecular complexity index is 1910. The van der Waals surface area contributed by atoms with Gasteiger partial charge in [0.25, 0.3) is 5.91 Å². The van der Waals surface area contributed by atoms with Crippen LogP contribution in [0.3, 0.4) is 0 Å². The first kappa shape index (κ1) is 40.7. The molecule has 0 fully saturated rings. The third-order valence-electron chi connectivity index (χ3n) is 11.2. The maximum atomic E-state index is 14.4. The molecule has 6 rings (SSSR count). The molecular formula is C42H57ClN4O5S. The van der Waals surface area contributed by atoms with E-state index in [2.05, 4.69) is 52.5 Å². The van der Waals surface area contributed by atoms with Gasteiger partial charge >= 0.3 is 0 Å². The molecule has 0 radical (unpaired) electrons. The van der Waals surface area contributed by atoms with E-state index in [-0.39, 0.29) is 47.1 Å². The molecule has 9 nitrogen and oxygen atoms in total. The van der Waals surface area contributed by atoms with E-state index in [1.54, 1.807) is 24.1 Å². The molecule has 288 valence electrons. The number of amides is 1. The highest BCUT2D eigenvalue weighted by molar-refractivity contribution is 7.94. The van der Waals surface area contributed by atoms with Gasteiger partial charge in [-0.15, -0.1) is 0 Å². The fourth-order valence-electron chi connectivity index (χ4n) is 8.08. The van der Waals surface area contributed by atoms with E-state index in [1.165, 1.54) is 11.1 Å². The standard InChI is InChI=1S/C40H51ClN4O5S.C2H6/c1-27-22-42-44(4)35(27)16-14-33(46)24-51(48)19-8-6-7-11-37(49-5)29(3)28(2)23-45-25-40(18-9-10-30-20-32(41)13-15-34(30)40)26-50-38-17-12-31(21-36(38)45)39(47)43-51;1-2/h7,11-13,15,17,20-22,28-29,37H,6,8-10,14,16,18-19,23-26H2,1-5H3;1-2H3/b11-7+;/t28-,29+,37-,40-,51+;/m0./s1. The van der Waals surface area contributed by atoms with E-state index in [9.17, 15) is 13.8 Å². The van der Waals surface area contributed by atoms with Gasteiger partial charge < -0.3 is 14.4 Å². The second-order valence-electron chi connectivity index (χ2n) is 14.8. The number of aromatic nitrogens is 2. The van der Waals surface area contributed by atoms with Crippen LogP contribution >= 0.6 is 11.6 Å². The second kappa shape index (κ2) is 17.8. The molecule has 5 atom stereocenters. The summed E-state index contributed by atoms with van der Waals surface area (Å²) < 4.78 is 33.2. The van der Waals surface area contributed by atoms with Crippen LogP contribution in [0.1, 0.15) is 92.5 Å². The summed E-state index contributed by atoms with van der Waals surface area (Å²) in [4.78, 5) is 29.6. The Kier molecular flexibility index (Phi) is 13.7. The average molecular weight is 765 g/mol. The van der Waals surface area contributed by atoms with E-state index in [4.69, 9.17) is 21.1 Å². The van der Waals surface area contributed by atoms with Crippen molar-refractivity contribution in [3.63, 3.8) is 0 Å². The second-order valence-corrected chi connectivity index (χ2v) is 17.7. The third-order valence-corrected chi connectivity index (χ3v) is 13.6. The molecule has 0 saturated carbocycles. The fourth-order valence-corrected chi connectivity index (χ4v) is 10.2. The van der Waals surface area contributed by atoms with Crippen LogP contribution in [0, 0.1) is 18.8 Å². The number of carbonyl (C=O) groups excluding carboxylic acids is 2. The van der Waals surface area contributed by atoms with Crippen LogP contribution in [0.25, 0.3) is 0 Å². The normalized spacial score (nSPS) is 26.7. The Morgan fingerprint density at radius 2 is 1.94 bits per heavy atom. The van der Waals surface area contributed by atoms with Gasteiger partial charge in [-0.25, -0.2) is 4.21 Å². The lowest BCUT2D eigenvalue weighted by atomic mass is 9.70. The molecular weight excluding hydrogens is 708 g/mol. The van der Waals surface area contributed by atoms with Crippen LogP contribution in [0.15, 0.2) is 59.1 Å². The van der Waals surface area contributed by atoms with Gasteiger partial charge in [0.1, 0.15) is 11.5 Å². The number of ether oxygens (including phenoxy) is 2. The van der Waals surface area contributed by atoms with Crippen molar-refractivity contribution < 1.29 is 23.3 Å². The molecule has 1 spiro atoms. The van der Waals surface area contributed by atoms with Gasteiger partial charge in [0.15, 0.2) is 0 Å². The highest BCUT2D eigenvalue weighted by Gasteiger charge is 2.42. The van der Waals surface area contributed by atoms with Crippen LogP contribution in [-0.4, -0.2) is 70.1 Å². The lowest BCUT2D eigenvalue weighted by molar-refractivity contribution is -0.116. The number of allylic oxidation sites excluding steroid dienone is 1. The molecule has 2 bridgehead atoms. The van der Waals surface area contributed by atoms with E-state index < -0.39 is 15.6 Å². The lowest BCUT2D eigenvalue weighted by Crippen LogP contribution is -2.47. The van der Waals surface area contributed by atoms with Gasteiger partial charge in [0, 0.05) is 61.1 Å². The highest BCUT2D eigenvalue weighted by atomic mass is 35.5. The molecule has 0 N–H and O–H groups in total. The molecule has 3 aromatic rings. The quantitative estimate of drug-likeness (QED) is 0.233. The summed E-state index contributed by atoms with van der Waals surface area (Å²) in [5.41, 5.74) is 5.39. The number of aryl methyl sites for hydroxylation is 3. The van der Waals surface area contributed by atoms with Crippen molar-refractivity contribution in [2.75, 3.05) is 43.2 Å². The summed E-state index contributed by atoms with van der Waals surface area (Å²) in [6.45, 7) is 12.4. The zero-order valence-electron chi connectivity index (χ0n) is 32.5. The third kappa shape index (κ3) is 9.43. The summed E-state index contributed by atoms with van der Waals surface area (Å²) in [5.74, 6) is 0.256. The molecule has 3 heterocycles. The van der Waals surface area contributed by atoms with Gasteiger partial charge in [0.2, 0.25) is 0 Å². The van der Waals surface area contributed by atoms with Crippen LogP contribution in [0.5, 0.6) is 5.75 Å². The van der Waals surface area contributed by atoms with Crippen molar-refractivity contribution in [2.45, 2.75) is 91.1 Å². The number of fused-ring (bicyclic) bond motifs is 3. The number of nitrogens with zero attached hydrogens (tertiary/aromatic N) is 4. The van der Waals surface area contributed by atoms with Crippen molar-refractivity contribution in [1.29, 1.82) is 0 Å². The van der Waals surface area contributed by atoms with Crippen molar-refractivity contribution in [1.82, 2.24) is 9.78 Å². The minimum absolute atomic E-state index is 0.110. The first-order valence-electron chi connectivity index (χ1n) is 19.2. The number of ketones is 1. The van der Waals surface area contributed by atoms with Crippen LogP contribution in [0.4, 0.5) is 5.69 Å². The first-order valence-corrected chi connectivity index (χ1v) is 21.4. The number of hydrogen-bond acceptors (Lipinski definition) is 7. The molecule has 3 aliphatic rings. The highest BCUT2D eigenvalue weighted by Crippen LogP contribution is 2.45. The Hall–Kier alpha value is -3.47. The molecule has 2 aromatic carbocycles. The van der Waals surface area contributed by atoms with Gasteiger partial charge in [0.05, 0.1) is 40.1 Å². The molecule has 1 aliphatic carbocycles. The average Bonchev–Trinajstić information content (AvgIpc) is 3.38. The summed E-state index contributed by atoms with van der Waals surface area (Å²) in [6, 6.07) is 11.6. The summed E-state index contributed by atoms with van der Waals surface area (Å²) >= 11 is 6.45. The Morgan fingerprint density at radius 3 is 2.68 bits per heavy atom. The predicted molar refractivity (Wildman–Crippen MR) is 215 cm³/mol. The molecule has 2 aliphatic heterocycles. The predicted octanol–water partition coefficient (Wildman–Crippen LogP) is 8.33. The zero-order valence-corrected chi connectivity index (χ0v) is 34.1. The van der Waals surface area contributed by atoms with E-state index in [0.29, 0.717) is 50.3 Å². The molecule has 1 aromatic heterocycles. The smallest absolute Gasteiger partial charge is 0.285 e.